The summed E-state index contributed by atoms with van der Waals surface area (Å²) in [6.45, 7) is 1.31. The number of carbonyl (C=O) groups is 2. The molecule has 2 unspecified atom stereocenters. The molecule has 1 fully saturated rings. The fraction of sp³-hybridized carbons (Fsp3) is 0.500. The Bertz CT molecular complexity index is 533. The first-order valence-corrected chi connectivity index (χ1v) is 7.48. The van der Waals surface area contributed by atoms with Gasteiger partial charge in [0.25, 0.3) is 0 Å². The van der Waals surface area contributed by atoms with Gasteiger partial charge in [0.1, 0.15) is 6.04 Å². The van der Waals surface area contributed by atoms with Crippen LogP contribution in [0.1, 0.15) is 24.8 Å². The second kappa shape index (κ2) is 5.76. The van der Waals surface area contributed by atoms with Gasteiger partial charge in [0, 0.05) is 31.6 Å². The van der Waals surface area contributed by atoms with Crippen LogP contribution in [0.4, 0.5) is 5.69 Å². The first-order valence-electron chi connectivity index (χ1n) is 7.48. The van der Waals surface area contributed by atoms with Gasteiger partial charge in [-0.05, 0) is 30.4 Å². The molecule has 0 bridgehead atoms. The minimum absolute atomic E-state index is 0.0870. The van der Waals surface area contributed by atoms with Crippen LogP contribution in [-0.2, 0) is 16.0 Å². The highest BCUT2D eigenvalue weighted by Crippen LogP contribution is 2.27. The van der Waals surface area contributed by atoms with Crippen LogP contribution in [0.2, 0.25) is 0 Å². The van der Waals surface area contributed by atoms with Gasteiger partial charge in [0.15, 0.2) is 0 Å². The number of hydrogen-bond donors (Lipinski definition) is 2. The van der Waals surface area contributed by atoms with Crippen molar-refractivity contribution >= 4 is 17.6 Å². The van der Waals surface area contributed by atoms with Crippen molar-refractivity contribution in [3.63, 3.8) is 0 Å². The Morgan fingerprint density at radius 2 is 2.14 bits per heavy atom. The number of nitrogens with zero attached hydrogens (tertiary/aromatic N) is 1. The van der Waals surface area contributed by atoms with Crippen molar-refractivity contribution in [3.8, 4) is 0 Å². The predicted octanol–water partition coefficient (Wildman–Crippen LogP) is 1.74. The zero-order valence-corrected chi connectivity index (χ0v) is 11.9. The minimum atomic E-state index is -0.777. The van der Waals surface area contributed by atoms with Crippen molar-refractivity contribution in [2.75, 3.05) is 18.4 Å². The third-order valence-corrected chi connectivity index (χ3v) is 4.36. The van der Waals surface area contributed by atoms with Crippen LogP contribution in [0.5, 0.6) is 0 Å². The zero-order chi connectivity index (χ0) is 14.8. The van der Waals surface area contributed by atoms with Crippen LogP contribution in [0.25, 0.3) is 0 Å². The van der Waals surface area contributed by atoms with Gasteiger partial charge in [-0.1, -0.05) is 18.2 Å². The zero-order valence-electron chi connectivity index (χ0n) is 11.9. The number of para-hydroxylation sites is 1. The van der Waals surface area contributed by atoms with Gasteiger partial charge in [0.05, 0.1) is 0 Å². The van der Waals surface area contributed by atoms with E-state index >= 15 is 0 Å². The summed E-state index contributed by atoms with van der Waals surface area (Å²) < 4.78 is 0. The van der Waals surface area contributed by atoms with Crippen molar-refractivity contribution in [2.45, 2.75) is 31.7 Å². The number of hydrogen-bond acceptors (Lipinski definition) is 3. The van der Waals surface area contributed by atoms with Crippen LogP contribution in [0, 0.1) is 5.92 Å². The average molecular weight is 288 g/mol. The molecule has 3 rings (SSSR count). The summed E-state index contributed by atoms with van der Waals surface area (Å²) in [5.41, 5.74) is 2.21. The maximum absolute atomic E-state index is 12.6. The standard InChI is InChI=1S/C16H20N2O3/c19-15(20)8-11-4-3-7-18(10-11)16(21)14-9-12-5-1-2-6-13(12)17-14/h1-2,5-6,11,14,17H,3-4,7-10H2,(H,19,20). The first-order chi connectivity index (χ1) is 10.1. The number of nitrogens with one attached hydrogen (secondary N) is 1. The largest absolute Gasteiger partial charge is 0.481 e. The quantitative estimate of drug-likeness (QED) is 0.889. The molecule has 2 N–H and O–H groups in total. The van der Waals surface area contributed by atoms with Crippen molar-refractivity contribution in [1.29, 1.82) is 0 Å². The number of amides is 1. The number of carbonyl (C=O) groups excluding carboxylic acids is 1. The number of likely N-dealkylation sites (tertiary alicyclic amines) is 1. The Morgan fingerprint density at radius 3 is 2.90 bits per heavy atom. The Balaban J connectivity index is 1.62. The molecule has 0 saturated carbocycles. The summed E-state index contributed by atoms with van der Waals surface area (Å²) in [5.74, 6) is -0.592. The second-order valence-electron chi connectivity index (χ2n) is 5.95. The van der Waals surface area contributed by atoms with Crippen LogP contribution in [0.3, 0.4) is 0 Å². The predicted molar refractivity (Wildman–Crippen MR) is 79.1 cm³/mol. The number of aliphatic carboxylic acids is 1. The summed E-state index contributed by atoms with van der Waals surface area (Å²) in [7, 11) is 0. The molecule has 21 heavy (non-hydrogen) atoms. The maximum atomic E-state index is 12.6. The second-order valence-corrected chi connectivity index (χ2v) is 5.95. The van der Waals surface area contributed by atoms with Gasteiger partial charge in [-0.15, -0.1) is 0 Å². The van der Waals surface area contributed by atoms with Gasteiger partial charge in [-0.25, -0.2) is 0 Å². The molecule has 0 spiro atoms. The van der Waals surface area contributed by atoms with Gasteiger partial charge in [-0.3, -0.25) is 9.59 Å². The molecule has 1 amide bonds. The SMILES string of the molecule is O=C(O)CC1CCCN(C(=O)C2Cc3ccccc3N2)C1. The number of carboxylic acids is 1. The molecule has 1 aromatic rings. The van der Waals surface area contributed by atoms with Gasteiger partial charge in [-0.2, -0.15) is 0 Å². The number of rotatable bonds is 3. The molecular weight excluding hydrogens is 268 g/mol. The van der Waals surface area contributed by atoms with Gasteiger partial charge in [0.2, 0.25) is 5.91 Å². The fourth-order valence-electron chi connectivity index (χ4n) is 3.35. The van der Waals surface area contributed by atoms with E-state index in [1.165, 1.54) is 5.56 Å². The molecule has 1 aromatic carbocycles. The minimum Gasteiger partial charge on any atom is -0.481 e. The van der Waals surface area contributed by atoms with E-state index in [1.807, 2.05) is 29.2 Å². The van der Waals surface area contributed by atoms with E-state index in [4.69, 9.17) is 5.11 Å². The summed E-state index contributed by atoms with van der Waals surface area (Å²) in [5, 5.41) is 12.2. The van der Waals surface area contributed by atoms with E-state index < -0.39 is 5.97 Å². The van der Waals surface area contributed by atoms with Crippen LogP contribution in [-0.4, -0.2) is 41.0 Å². The first kappa shape index (κ1) is 13.9. The normalized spacial score (nSPS) is 24.3. The number of benzene rings is 1. The summed E-state index contributed by atoms with van der Waals surface area (Å²) in [6.07, 6.45) is 2.66. The van der Waals surface area contributed by atoms with E-state index in [1.54, 1.807) is 0 Å². The lowest BCUT2D eigenvalue weighted by atomic mass is 9.94. The summed E-state index contributed by atoms with van der Waals surface area (Å²) >= 11 is 0. The van der Waals surface area contributed by atoms with Gasteiger partial charge >= 0.3 is 5.97 Å². The number of piperidine rings is 1. The topological polar surface area (TPSA) is 69.6 Å². The van der Waals surface area contributed by atoms with Crippen molar-refractivity contribution in [1.82, 2.24) is 4.90 Å². The Hall–Kier alpha value is -2.04. The highest BCUT2D eigenvalue weighted by atomic mass is 16.4. The van der Waals surface area contributed by atoms with E-state index in [2.05, 4.69) is 5.32 Å². The molecule has 112 valence electrons. The third kappa shape index (κ3) is 3.01. The highest BCUT2D eigenvalue weighted by molar-refractivity contribution is 5.87. The van der Waals surface area contributed by atoms with Gasteiger partial charge < -0.3 is 15.3 Å². The lowest BCUT2D eigenvalue weighted by molar-refractivity contribution is -0.140. The Labute approximate surface area is 123 Å². The van der Waals surface area contributed by atoms with Crippen LogP contribution < -0.4 is 5.32 Å². The maximum Gasteiger partial charge on any atom is 0.303 e. The molecule has 2 aliphatic rings. The van der Waals surface area contributed by atoms with Crippen molar-refractivity contribution in [2.24, 2.45) is 5.92 Å². The molecule has 1 saturated heterocycles. The van der Waals surface area contributed by atoms with Crippen molar-refractivity contribution in [3.05, 3.63) is 29.8 Å². The van der Waals surface area contributed by atoms with E-state index in [-0.39, 0.29) is 24.3 Å². The Morgan fingerprint density at radius 1 is 1.33 bits per heavy atom. The number of anilines is 1. The van der Waals surface area contributed by atoms with Crippen molar-refractivity contribution < 1.29 is 14.7 Å². The lowest BCUT2D eigenvalue weighted by Crippen LogP contribution is -2.47. The number of fused-ring (bicyclic) bond motifs is 1. The van der Waals surface area contributed by atoms with E-state index in [9.17, 15) is 9.59 Å². The molecule has 2 atom stereocenters. The Kier molecular flexibility index (Phi) is 3.82. The molecule has 0 aromatic heterocycles. The average Bonchev–Trinajstić information content (AvgIpc) is 2.90. The number of carboxylic acid groups (broad SMARTS) is 1. The molecule has 5 heteroatoms. The summed E-state index contributed by atoms with van der Waals surface area (Å²) in [6, 6.07) is 7.77. The molecule has 2 aliphatic heterocycles. The lowest BCUT2D eigenvalue weighted by Gasteiger charge is -2.33. The smallest absolute Gasteiger partial charge is 0.303 e. The molecular formula is C16H20N2O3. The summed E-state index contributed by atoms with van der Waals surface area (Å²) in [4.78, 5) is 25.3. The fourth-order valence-corrected chi connectivity index (χ4v) is 3.35. The molecule has 0 aliphatic carbocycles. The van der Waals surface area contributed by atoms with E-state index in [0.717, 1.165) is 31.5 Å². The highest BCUT2D eigenvalue weighted by Gasteiger charge is 2.32. The molecule has 5 nitrogen and oxygen atoms in total. The monoisotopic (exact) mass is 288 g/mol. The van der Waals surface area contributed by atoms with Crippen LogP contribution >= 0.6 is 0 Å². The third-order valence-electron chi connectivity index (χ3n) is 4.36. The molecule has 2 heterocycles. The van der Waals surface area contributed by atoms with Crippen LogP contribution in [0.15, 0.2) is 24.3 Å². The van der Waals surface area contributed by atoms with E-state index in [0.29, 0.717) is 6.54 Å². The molecule has 0 radical (unpaired) electrons.